The number of hydrogen-bond acceptors (Lipinski definition) is 1. The summed E-state index contributed by atoms with van der Waals surface area (Å²) in [6.07, 6.45) is 12.0. The molecule has 0 atom stereocenters. The monoisotopic (exact) mass is 232 g/mol. The summed E-state index contributed by atoms with van der Waals surface area (Å²) in [5.41, 5.74) is 0. The SMILES string of the molecule is CCCCCCP(C)(=O)CCCCCC. The zero-order chi connectivity index (χ0) is 11.6. The first-order valence-corrected chi connectivity index (χ1v) is 9.20. The van der Waals surface area contributed by atoms with Gasteiger partial charge in [0.05, 0.1) is 7.14 Å². The number of rotatable bonds is 10. The van der Waals surface area contributed by atoms with Crippen LogP contribution in [0.2, 0.25) is 0 Å². The normalized spacial score (nSPS) is 11.9. The van der Waals surface area contributed by atoms with Crippen LogP contribution in [0, 0.1) is 0 Å². The second kappa shape index (κ2) is 9.46. The van der Waals surface area contributed by atoms with E-state index in [4.69, 9.17) is 0 Å². The van der Waals surface area contributed by atoms with Crippen molar-refractivity contribution in [1.29, 1.82) is 0 Å². The van der Waals surface area contributed by atoms with Gasteiger partial charge in [-0.05, 0) is 19.5 Å². The van der Waals surface area contributed by atoms with Gasteiger partial charge in [0.2, 0.25) is 0 Å². The van der Waals surface area contributed by atoms with Crippen LogP contribution in [0.1, 0.15) is 65.2 Å². The molecule has 15 heavy (non-hydrogen) atoms. The van der Waals surface area contributed by atoms with Crippen LogP contribution in [0.15, 0.2) is 0 Å². The van der Waals surface area contributed by atoms with E-state index in [1.807, 2.05) is 6.66 Å². The van der Waals surface area contributed by atoms with Crippen molar-refractivity contribution in [2.75, 3.05) is 19.0 Å². The summed E-state index contributed by atoms with van der Waals surface area (Å²) in [5, 5.41) is 0. The minimum absolute atomic E-state index is 0.985. The third-order valence-corrected chi connectivity index (χ3v) is 5.49. The van der Waals surface area contributed by atoms with Crippen molar-refractivity contribution in [3.05, 3.63) is 0 Å². The summed E-state index contributed by atoms with van der Waals surface area (Å²) in [6.45, 7) is 6.44. The predicted octanol–water partition coefficient (Wildman–Crippen LogP) is 5.14. The zero-order valence-corrected chi connectivity index (χ0v) is 11.8. The van der Waals surface area contributed by atoms with Gasteiger partial charge in [-0.25, -0.2) is 0 Å². The van der Waals surface area contributed by atoms with E-state index in [-0.39, 0.29) is 0 Å². The Morgan fingerprint density at radius 2 is 1.13 bits per heavy atom. The molecule has 0 aromatic rings. The first-order valence-electron chi connectivity index (χ1n) is 6.68. The first kappa shape index (κ1) is 15.2. The molecular formula is C13H29OP. The molecular weight excluding hydrogens is 203 g/mol. The largest absolute Gasteiger partial charge is 0.324 e. The van der Waals surface area contributed by atoms with Gasteiger partial charge in [-0.15, -0.1) is 0 Å². The summed E-state index contributed by atoms with van der Waals surface area (Å²) in [6, 6.07) is 0. The Bertz CT molecular complexity index is 161. The second-order valence-corrected chi connectivity index (χ2v) is 8.35. The molecule has 0 fully saturated rings. The fraction of sp³-hybridized carbons (Fsp3) is 1.00. The van der Waals surface area contributed by atoms with Crippen LogP contribution in [0.4, 0.5) is 0 Å². The third kappa shape index (κ3) is 10.5. The molecule has 0 aromatic heterocycles. The Hall–Kier alpha value is 0.230. The Balaban J connectivity index is 3.45. The van der Waals surface area contributed by atoms with Crippen molar-refractivity contribution in [3.8, 4) is 0 Å². The summed E-state index contributed by atoms with van der Waals surface area (Å²) < 4.78 is 12.1. The van der Waals surface area contributed by atoms with Gasteiger partial charge in [-0.1, -0.05) is 52.4 Å². The summed E-state index contributed by atoms with van der Waals surface area (Å²) >= 11 is 0. The standard InChI is InChI=1S/C13H29OP/c1-4-6-8-10-12-15(3,14)13-11-9-7-5-2/h4-13H2,1-3H3. The van der Waals surface area contributed by atoms with Crippen molar-refractivity contribution in [1.82, 2.24) is 0 Å². The molecule has 0 rings (SSSR count). The van der Waals surface area contributed by atoms with E-state index in [0.717, 1.165) is 12.3 Å². The Morgan fingerprint density at radius 3 is 1.47 bits per heavy atom. The molecule has 0 aliphatic heterocycles. The van der Waals surface area contributed by atoms with Crippen molar-refractivity contribution >= 4 is 7.14 Å². The fourth-order valence-corrected chi connectivity index (χ4v) is 3.87. The van der Waals surface area contributed by atoms with E-state index in [9.17, 15) is 4.57 Å². The molecule has 0 saturated heterocycles. The van der Waals surface area contributed by atoms with Crippen LogP contribution < -0.4 is 0 Å². The average Bonchev–Trinajstić information content (AvgIpc) is 2.20. The van der Waals surface area contributed by atoms with Gasteiger partial charge in [0.1, 0.15) is 0 Å². The van der Waals surface area contributed by atoms with Crippen molar-refractivity contribution < 1.29 is 4.57 Å². The summed E-state index contributed by atoms with van der Waals surface area (Å²) in [7, 11) is -1.77. The molecule has 0 heterocycles. The Labute approximate surface area is 96.4 Å². The molecule has 0 aliphatic rings. The number of unbranched alkanes of at least 4 members (excludes halogenated alkanes) is 6. The second-order valence-electron chi connectivity index (χ2n) is 4.87. The molecule has 92 valence electrons. The lowest BCUT2D eigenvalue weighted by Crippen LogP contribution is -1.95. The summed E-state index contributed by atoms with van der Waals surface area (Å²) in [5.74, 6) is 0. The van der Waals surface area contributed by atoms with Gasteiger partial charge < -0.3 is 4.57 Å². The van der Waals surface area contributed by atoms with Crippen molar-refractivity contribution in [2.45, 2.75) is 65.2 Å². The highest BCUT2D eigenvalue weighted by Gasteiger charge is 2.13. The Kier molecular flexibility index (Phi) is 9.60. The van der Waals surface area contributed by atoms with E-state index >= 15 is 0 Å². The molecule has 0 N–H and O–H groups in total. The average molecular weight is 232 g/mol. The molecule has 0 amide bonds. The lowest BCUT2D eigenvalue weighted by atomic mass is 10.2. The lowest BCUT2D eigenvalue weighted by Gasteiger charge is -2.12. The maximum absolute atomic E-state index is 12.1. The lowest BCUT2D eigenvalue weighted by molar-refractivity contribution is 0.570. The molecule has 0 saturated carbocycles. The van der Waals surface area contributed by atoms with E-state index in [1.54, 1.807) is 0 Å². The molecule has 0 spiro atoms. The molecule has 0 aliphatic carbocycles. The predicted molar refractivity (Wildman–Crippen MR) is 71.5 cm³/mol. The highest BCUT2D eigenvalue weighted by Crippen LogP contribution is 2.43. The topological polar surface area (TPSA) is 17.1 Å². The van der Waals surface area contributed by atoms with Gasteiger partial charge in [-0.3, -0.25) is 0 Å². The highest BCUT2D eigenvalue weighted by molar-refractivity contribution is 7.63. The fourth-order valence-electron chi connectivity index (χ4n) is 1.86. The van der Waals surface area contributed by atoms with Crippen LogP contribution in [0.25, 0.3) is 0 Å². The van der Waals surface area contributed by atoms with Gasteiger partial charge in [0.25, 0.3) is 0 Å². The molecule has 0 radical (unpaired) electrons. The van der Waals surface area contributed by atoms with Crippen LogP contribution in [-0.4, -0.2) is 19.0 Å². The van der Waals surface area contributed by atoms with E-state index in [0.29, 0.717) is 0 Å². The van der Waals surface area contributed by atoms with Gasteiger partial charge in [-0.2, -0.15) is 0 Å². The van der Waals surface area contributed by atoms with Crippen LogP contribution >= 0.6 is 7.14 Å². The van der Waals surface area contributed by atoms with Crippen molar-refractivity contribution in [3.63, 3.8) is 0 Å². The van der Waals surface area contributed by atoms with Gasteiger partial charge in [0, 0.05) is 12.3 Å². The first-order chi connectivity index (χ1) is 7.12. The number of hydrogen-bond donors (Lipinski definition) is 0. The van der Waals surface area contributed by atoms with Gasteiger partial charge >= 0.3 is 0 Å². The van der Waals surface area contributed by atoms with Crippen LogP contribution in [0.5, 0.6) is 0 Å². The maximum atomic E-state index is 12.1. The molecule has 1 nitrogen and oxygen atoms in total. The maximum Gasteiger partial charge on any atom is 0.0848 e. The smallest absolute Gasteiger partial charge is 0.0848 e. The van der Waals surface area contributed by atoms with Crippen LogP contribution in [0.3, 0.4) is 0 Å². The Morgan fingerprint density at radius 1 is 0.733 bits per heavy atom. The summed E-state index contributed by atoms with van der Waals surface area (Å²) in [4.78, 5) is 0. The zero-order valence-electron chi connectivity index (χ0n) is 10.9. The molecule has 2 heteroatoms. The minimum Gasteiger partial charge on any atom is -0.324 e. The van der Waals surface area contributed by atoms with Crippen LogP contribution in [-0.2, 0) is 4.57 Å². The molecule has 0 bridgehead atoms. The van der Waals surface area contributed by atoms with E-state index in [2.05, 4.69) is 13.8 Å². The quantitative estimate of drug-likeness (QED) is 0.376. The van der Waals surface area contributed by atoms with E-state index < -0.39 is 7.14 Å². The third-order valence-electron chi connectivity index (χ3n) is 2.97. The van der Waals surface area contributed by atoms with Gasteiger partial charge in [0.15, 0.2) is 0 Å². The van der Waals surface area contributed by atoms with E-state index in [1.165, 1.54) is 51.4 Å². The minimum atomic E-state index is -1.77. The highest BCUT2D eigenvalue weighted by atomic mass is 31.2. The molecule has 0 aromatic carbocycles. The van der Waals surface area contributed by atoms with Crippen molar-refractivity contribution in [2.24, 2.45) is 0 Å². The molecule has 0 unspecified atom stereocenters.